The van der Waals surface area contributed by atoms with Crippen LogP contribution >= 0.6 is 0 Å². The fourth-order valence-corrected chi connectivity index (χ4v) is 2.14. The number of likely N-dealkylation sites (N-methyl/N-ethyl adjacent to an activating group) is 2. The van der Waals surface area contributed by atoms with E-state index in [0.29, 0.717) is 6.04 Å². The Morgan fingerprint density at radius 1 is 1.28 bits per heavy atom. The number of hydrogen-bond acceptors (Lipinski definition) is 3. The van der Waals surface area contributed by atoms with Gasteiger partial charge in [0.15, 0.2) is 5.96 Å². The summed E-state index contributed by atoms with van der Waals surface area (Å²) in [5.41, 5.74) is 0. The minimum atomic E-state index is 0.563. The van der Waals surface area contributed by atoms with Crippen molar-refractivity contribution in [2.24, 2.45) is 4.99 Å². The van der Waals surface area contributed by atoms with E-state index in [1.807, 2.05) is 7.05 Å². The molecular formula is C13H29N5. The Bertz CT molecular complexity index is 254. The van der Waals surface area contributed by atoms with Gasteiger partial charge in [-0.05, 0) is 20.5 Å². The zero-order valence-corrected chi connectivity index (χ0v) is 12.4. The molecule has 1 aliphatic heterocycles. The second kappa shape index (κ2) is 8.32. The average Bonchev–Trinajstić information content (AvgIpc) is 2.37. The average molecular weight is 255 g/mol. The molecule has 18 heavy (non-hydrogen) atoms. The van der Waals surface area contributed by atoms with Gasteiger partial charge in [0.25, 0.3) is 0 Å². The molecule has 0 spiro atoms. The van der Waals surface area contributed by atoms with Crippen molar-refractivity contribution in [3.63, 3.8) is 0 Å². The Kier molecular flexibility index (Phi) is 7.05. The number of nitrogens with one attached hydrogen (secondary N) is 2. The van der Waals surface area contributed by atoms with Gasteiger partial charge in [0.1, 0.15) is 0 Å². The highest BCUT2D eigenvalue weighted by Gasteiger charge is 2.21. The van der Waals surface area contributed by atoms with Gasteiger partial charge >= 0.3 is 0 Å². The molecule has 2 N–H and O–H groups in total. The van der Waals surface area contributed by atoms with Gasteiger partial charge in [-0.25, -0.2) is 0 Å². The van der Waals surface area contributed by atoms with Crippen molar-refractivity contribution in [3.8, 4) is 0 Å². The first-order valence-corrected chi connectivity index (χ1v) is 7.00. The van der Waals surface area contributed by atoms with Crippen LogP contribution in [0.25, 0.3) is 0 Å². The number of unbranched alkanes of at least 4 members (excludes halogenated alkanes) is 1. The summed E-state index contributed by atoms with van der Waals surface area (Å²) in [5, 5.41) is 6.76. The van der Waals surface area contributed by atoms with Gasteiger partial charge in [-0.15, -0.1) is 0 Å². The molecule has 0 aromatic heterocycles. The first-order valence-electron chi connectivity index (χ1n) is 7.00. The van der Waals surface area contributed by atoms with E-state index < -0.39 is 0 Å². The van der Waals surface area contributed by atoms with Gasteiger partial charge in [-0.3, -0.25) is 9.89 Å². The Morgan fingerprint density at radius 3 is 2.72 bits per heavy atom. The van der Waals surface area contributed by atoms with E-state index in [-0.39, 0.29) is 0 Å². The fourth-order valence-electron chi connectivity index (χ4n) is 2.14. The van der Waals surface area contributed by atoms with Crippen LogP contribution in [0.5, 0.6) is 0 Å². The third kappa shape index (κ3) is 5.23. The molecule has 0 amide bonds. The summed E-state index contributed by atoms with van der Waals surface area (Å²) in [6.07, 6.45) is 2.40. The van der Waals surface area contributed by atoms with Crippen LogP contribution < -0.4 is 10.6 Å². The molecule has 1 saturated heterocycles. The topological polar surface area (TPSA) is 42.9 Å². The van der Waals surface area contributed by atoms with E-state index in [1.54, 1.807) is 0 Å². The largest absolute Gasteiger partial charge is 0.356 e. The van der Waals surface area contributed by atoms with E-state index >= 15 is 0 Å². The van der Waals surface area contributed by atoms with Crippen LogP contribution in [-0.2, 0) is 0 Å². The lowest BCUT2D eigenvalue weighted by atomic mass is 10.2. The molecule has 0 bridgehead atoms. The Morgan fingerprint density at radius 2 is 2.06 bits per heavy atom. The number of hydrogen-bond donors (Lipinski definition) is 2. The lowest BCUT2D eigenvalue weighted by Gasteiger charge is -2.37. The van der Waals surface area contributed by atoms with Crippen molar-refractivity contribution in [1.82, 2.24) is 20.4 Å². The van der Waals surface area contributed by atoms with Crippen LogP contribution in [0.2, 0.25) is 0 Å². The summed E-state index contributed by atoms with van der Waals surface area (Å²) in [7, 11) is 6.22. The Balaban J connectivity index is 2.28. The minimum absolute atomic E-state index is 0.563. The standard InChI is InChI=1S/C13H29N5/c1-5-6-7-15-13(14-2)16-10-12-11-17(3)8-9-18(12)4/h12H,5-11H2,1-4H3,(H2,14,15,16). The van der Waals surface area contributed by atoms with Crippen molar-refractivity contribution in [1.29, 1.82) is 0 Å². The molecule has 1 heterocycles. The summed E-state index contributed by atoms with van der Waals surface area (Å²) < 4.78 is 0. The monoisotopic (exact) mass is 255 g/mol. The van der Waals surface area contributed by atoms with Crippen molar-refractivity contribution >= 4 is 5.96 Å². The molecule has 1 atom stereocenters. The van der Waals surface area contributed by atoms with Crippen LogP contribution in [0.15, 0.2) is 4.99 Å². The predicted molar refractivity (Wildman–Crippen MR) is 78.2 cm³/mol. The molecule has 106 valence electrons. The zero-order valence-electron chi connectivity index (χ0n) is 12.4. The SMILES string of the molecule is CCCCNC(=NC)NCC1CN(C)CCN1C. The molecule has 1 rings (SSSR count). The molecule has 1 aliphatic rings. The van der Waals surface area contributed by atoms with Gasteiger partial charge in [0.2, 0.25) is 0 Å². The maximum atomic E-state index is 4.25. The maximum Gasteiger partial charge on any atom is 0.191 e. The van der Waals surface area contributed by atoms with Crippen molar-refractivity contribution < 1.29 is 0 Å². The van der Waals surface area contributed by atoms with E-state index in [0.717, 1.165) is 38.7 Å². The highest BCUT2D eigenvalue weighted by molar-refractivity contribution is 5.79. The molecular weight excluding hydrogens is 226 g/mol. The molecule has 0 aromatic rings. The molecule has 5 nitrogen and oxygen atoms in total. The van der Waals surface area contributed by atoms with Gasteiger partial charge in [-0.2, -0.15) is 0 Å². The molecule has 5 heteroatoms. The highest BCUT2D eigenvalue weighted by Crippen LogP contribution is 2.04. The zero-order chi connectivity index (χ0) is 13.4. The van der Waals surface area contributed by atoms with Gasteiger partial charge in [0.05, 0.1) is 0 Å². The van der Waals surface area contributed by atoms with Gasteiger partial charge in [-0.1, -0.05) is 13.3 Å². The number of nitrogens with zero attached hydrogens (tertiary/aromatic N) is 3. The minimum Gasteiger partial charge on any atom is -0.356 e. The summed E-state index contributed by atoms with van der Waals surface area (Å²) >= 11 is 0. The van der Waals surface area contributed by atoms with Crippen LogP contribution in [0.1, 0.15) is 19.8 Å². The van der Waals surface area contributed by atoms with Crippen LogP contribution in [0.4, 0.5) is 0 Å². The van der Waals surface area contributed by atoms with E-state index in [1.165, 1.54) is 12.8 Å². The normalized spacial score (nSPS) is 23.1. The van der Waals surface area contributed by atoms with Crippen molar-refractivity contribution in [2.75, 3.05) is 53.9 Å². The summed E-state index contributed by atoms with van der Waals surface area (Å²) in [6, 6.07) is 0.563. The third-order valence-electron chi connectivity index (χ3n) is 3.53. The Labute approximate surface area is 112 Å². The van der Waals surface area contributed by atoms with Crippen molar-refractivity contribution in [3.05, 3.63) is 0 Å². The van der Waals surface area contributed by atoms with E-state index in [2.05, 4.69) is 46.4 Å². The third-order valence-corrected chi connectivity index (χ3v) is 3.53. The summed E-state index contributed by atoms with van der Waals surface area (Å²) in [5.74, 6) is 0.921. The molecule has 1 unspecified atom stereocenters. The van der Waals surface area contributed by atoms with Crippen LogP contribution in [0, 0.1) is 0 Å². The number of piperazine rings is 1. The molecule has 0 aliphatic carbocycles. The second-order valence-corrected chi connectivity index (χ2v) is 5.13. The lowest BCUT2D eigenvalue weighted by molar-refractivity contribution is 0.116. The van der Waals surface area contributed by atoms with Crippen LogP contribution in [0.3, 0.4) is 0 Å². The lowest BCUT2D eigenvalue weighted by Crippen LogP contribution is -2.55. The smallest absolute Gasteiger partial charge is 0.191 e. The molecule has 1 fully saturated rings. The fraction of sp³-hybridized carbons (Fsp3) is 0.923. The molecule has 0 aromatic carbocycles. The number of guanidine groups is 1. The van der Waals surface area contributed by atoms with E-state index in [4.69, 9.17) is 0 Å². The second-order valence-electron chi connectivity index (χ2n) is 5.13. The maximum absolute atomic E-state index is 4.25. The number of rotatable bonds is 5. The van der Waals surface area contributed by atoms with Gasteiger partial charge < -0.3 is 15.5 Å². The number of aliphatic imine (C=N–C) groups is 1. The molecule has 0 saturated carbocycles. The van der Waals surface area contributed by atoms with Crippen LogP contribution in [-0.4, -0.2) is 75.7 Å². The summed E-state index contributed by atoms with van der Waals surface area (Å²) in [6.45, 7) is 7.57. The molecule has 0 radical (unpaired) electrons. The van der Waals surface area contributed by atoms with E-state index in [9.17, 15) is 0 Å². The first kappa shape index (κ1) is 15.2. The highest BCUT2D eigenvalue weighted by atomic mass is 15.3. The van der Waals surface area contributed by atoms with Crippen molar-refractivity contribution in [2.45, 2.75) is 25.8 Å². The predicted octanol–water partition coefficient (Wildman–Crippen LogP) is 0.197. The Hall–Kier alpha value is -0.810. The summed E-state index contributed by atoms with van der Waals surface area (Å²) in [4.78, 5) is 9.06. The van der Waals surface area contributed by atoms with Gasteiger partial charge in [0, 0.05) is 45.8 Å². The quantitative estimate of drug-likeness (QED) is 0.418. The first-order chi connectivity index (χ1) is 8.67.